The van der Waals surface area contributed by atoms with Crippen LogP contribution in [0.2, 0.25) is 0 Å². The van der Waals surface area contributed by atoms with E-state index < -0.39 is 28.5 Å². The molecular weight excluding hydrogens is 522 g/mol. The highest BCUT2D eigenvalue weighted by atomic mass is 32.2. The number of nitrogens with zero attached hydrogens (tertiary/aromatic N) is 2. The van der Waals surface area contributed by atoms with Gasteiger partial charge in [-0.15, -0.1) is 0 Å². The number of benzene rings is 3. The number of rotatable bonds is 12. The maximum atomic E-state index is 14.1. The van der Waals surface area contributed by atoms with Gasteiger partial charge in [0.15, 0.2) is 0 Å². The van der Waals surface area contributed by atoms with E-state index in [0.29, 0.717) is 18.5 Å². The van der Waals surface area contributed by atoms with Gasteiger partial charge in [-0.1, -0.05) is 72.6 Å². The van der Waals surface area contributed by atoms with Crippen molar-refractivity contribution in [2.75, 3.05) is 17.4 Å². The highest BCUT2D eigenvalue weighted by Crippen LogP contribution is 2.28. The lowest BCUT2D eigenvalue weighted by Gasteiger charge is -2.34. The zero-order chi connectivity index (χ0) is 29.4. The number of aryl methyl sites for hydroxylation is 3. The Kier molecular flexibility index (Phi) is 10.5. The van der Waals surface area contributed by atoms with Crippen molar-refractivity contribution in [1.29, 1.82) is 0 Å². The molecular formula is C32H41N3O4S. The fraction of sp³-hybridized carbons (Fsp3) is 0.375. The molecule has 0 saturated heterocycles. The quantitative estimate of drug-likeness (QED) is 0.329. The van der Waals surface area contributed by atoms with Gasteiger partial charge in [-0.2, -0.15) is 0 Å². The van der Waals surface area contributed by atoms with Crippen LogP contribution in [0.5, 0.6) is 0 Å². The molecule has 1 unspecified atom stereocenters. The summed E-state index contributed by atoms with van der Waals surface area (Å²) in [6.45, 7) is 11.1. The third-order valence-corrected chi connectivity index (χ3v) is 8.58. The maximum absolute atomic E-state index is 14.1. The SMILES string of the molecule is CCC(C(=O)NC(C)C)N(CCc1ccccc1)C(=O)CN(c1ccc(C)cc1C)S(=O)(=O)c1ccc(C)cc1. The lowest BCUT2D eigenvalue weighted by molar-refractivity contribution is -0.139. The largest absolute Gasteiger partial charge is 0.352 e. The van der Waals surface area contributed by atoms with Gasteiger partial charge in [-0.05, 0) is 76.8 Å². The van der Waals surface area contributed by atoms with Crippen molar-refractivity contribution in [3.63, 3.8) is 0 Å². The number of nitrogens with one attached hydrogen (secondary N) is 1. The van der Waals surface area contributed by atoms with E-state index in [1.54, 1.807) is 30.3 Å². The molecule has 0 aliphatic carbocycles. The van der Waals surface area contributed by atoms with Gasteiger partial charge in [-0.25, -0.2) is 8.42 Å². The molecule has 0 fully saturated rings. The Morgan fingerprint density at radius 2 is 1.50 bits per heavy atom. The monoisotopic (exact) mass is 563 g/mol. The first-order valence-corrected chi connectivity index (χ1v) is 15.2. The molecule has 3 aromatic carbocycles. The number of carbonyl (C=O) groups is 2. The van der Waals surface area contributed by atoms with E-state index in [0.717, 1.165) is 22.3 Å². The summed E-state index contributed by atoms with van der Waals surface area (Å²) in [6.07, 6.45) is 0.930. The first kappa shape index (κ1) is 30.9. The number of hydrogen-bond acceptors (Lipinski definition) is 4. The molecule has 214 valence electrons. The minimum atomic E-state index is -4.09. The zero-order valence-corrected chi connectivity index (χ0v) is 25.2. The molecule has 0 saturated carbocycles. The fourth-order valence-corrected chi connectivity index (χ4v) is 6.19. The second kappa shape index (κ2) is 13.6. The summed E-state index contributed by atoms with van der Waals surface area (Å²) in [5, 5.41) is 2.92. The third kappa shape index (κ3) is 7.72. The van der Waals surface area contributed by atoms with Crippen LogP contribution in [0.15, 0.2) is 77.7 Å². The average molecular weight is 564 g/mol. The van der Waals surface area contributed by atoms with Crippen molar-refractivity contribution in [1.82, 2.24) is 10.2 Å². The van der Waals surface area contributed by atoms with Crippen LogP contribution in [0.25, 0.3) is 0 Å². The van der Waals surface area contributed by atoms with Gasteiger partial charge < -0.3 is 10.2 Å². The maximum Gasteiger partial charge on any atom is 0.264 e. The first-order chi connectivity index (χ1) is 18.9. The molecule has 8 heteroatoms. The molecule has 3 rings (SSSR count). The summed E-state index contributed by atoms with van der Waals surface area (Å²) in [4.78, 5) is 28.9. The number of hydrogen-bond donors (Lipinski definition) is 1. The molecule has 7 nitrogen and oxygen atoms in total. The summed E-state index contributed by atoms with van der Waals surface area (Å²) < 4.78 is 29.2. The Balaban J connectivity index is 2.04. The van der Waals surface area contributed by atoms with E-state index >= 15 is 0 Å². The minimum absolute atomic E-state index is 0.0961. The molecule has 2 amide bonds. The van der Waals surface area contributed by atoms with Crippen LogP contribution in [-0.4, -0.2) is 50.3 Å². The molecule has 1 N–H and O–H groups in total. The van der Waals surface area contributed by atoms with Gasteiger partial charge >= 0.3 is 0 Å². The molecule has 0 spiro atoms. The van der Waals surface area contributed by atoms with Crippen LogP contribution in [0.1, 0.15) is 49.4 Å². The molecule has 1 atom stereocenters. The molecule has 0 heterocycles. The van der Waals surface area contributed by atoms with Crippen LogP contribution in [0.4, 0.5) is 5.69 Å². The summed E-state index contributed by atoms with van der Waals surface area (Å²) in [5.74, 6) is -0.685. The van der Waals surface area contributed by atoms with Crippen molar-refractivity contribution in [2.24, 2.45) is 0 Å². The van der Waals surface area contributed by atoms with E-state index in [1.165, 1.54) is 9.21 Å². The second-order valence-electron chi connectivity index (χ2n) is 10.5. The zero-order valence-electron chi connectivity index (χ0n) is 24.3. The Morgan fingerprint density at radius 3 is 2.08 bits per heavy atom. The van der Waals surface area contributed by atoms with Crippen molar-refractivity contribution >= 4 is 27.5 Å². The van der Waals surface area contributed by atoms with Gasteiger partial charge in [0.05, 0.1) is 10.6 Å². The molecule has 0 bridgehead atoms. The standard InChI is InChI=1S/C32H41N3O4S/c1-7-29(32(37)33-23(2)3)34(20-19-27-11-9-8-10-12-27)31(36)22-35(30-18-15-25(5)21-26(30)6)40(38,39)28-16-13-24(4)14-17-28/h8-18,21,23,29H,7,19-20,22H2,1-6H3,(H,33,37). The normalized spacial score (nSPS) is 12.2. The van der Waals surface area contributed by atoms with Crippen molar-refractivity contribution < 1.29 is 18.0 Å². The molecule has 40 heavy (non-hydrogen) atoms. The van der Waals surface area contributed by atoms with Crippen LogP contribution < -0.4 is 9.62 Å². The lowest BCUT2D eigenvalue weighted by Crippen LogP contribution is -2.54. The number of anilines is 1. The van der Waals surface area contributed by atoms with Gasteiger partial charge in [0.2, 0.25) is 11.8 Å². The lowest BCUT2D eigenvalue weighted by atomic mass is 10.1. The molecule has 3 aromatic rings. The van der Waals surface area contributed by atoms with Crippen molar-refractivity contribution in [2.45, 2.75) is 71.4 Å². The van der Waals surface area contributed by atoms with E-state index in [2.05, 4.69) is 5.32 Å². The van der Waals surface area contributed by atoms with E-state index in [1.807, 2.05) is 84.0 Å². The van der Waals surface area contributed by atoms with Crippen LogP contribution in [0, 0.1) is 20.8 Å². The summed E-state index contributed by atoms with van der Waals surface area (Å²) >= 11 is 0. The average Bonchev–Trinajstić information content (AvgIpc) is 2.90. The van der Waals surface area contributed by atoms with E-state index in [4.69, 9.17) is 0 Å². The van der Waals surface area contributed by atoms with Crippen LogP contribution in [0.3, 0.4) is 0 Å². The Labute approximate surface area is 239 Å². The van der Waals surface area contributed by atoms with Crippen molar-refractivity contribution in [3.05, 3.63) is 95.1 Å². The summed E-state index contributed by atoms with van der Waals surface area (Å²) in [6, 6.07) is 21.0. The van der Waals surface area contributed by atoms with Crippen LogP contribution >= 0.6 is 0 Å². The predicted molar refractivity (Wildman–Crippen MR) is 161 cm³/mol. The van der Waals surface area contributed by atoms with Crippen molar-refractivity contribution in [3.8, 4) is 0 Å². The first-order valence-electron chi connectivity index (χ1n) is 13.7. The smallest absolute Gasteiger partial charge is 0.264 e. The van der Waals surface area contributed by atoms with Gasteiger partial charge in [0.1, 0.15) is 12.6 Å². The highest BCUT2D eigenvalue weighted by Gasteiger charge is 2.34. The molecule has 0 radical (unpaired) electrons. The van der Waals surface area contributed by atoms with Crippen LogP contribution in [-0.2, 0) is 26.0 Å². The minimum Gasteiger partial charge on any atom is -0.352 e. The Morgan fingerprint density at radius 1 is 0.875 bits per heavy atom. The molecule has 0 aliphatic rings. The summed E-state index contributed by atoms with van der Waals surface area (Å²) in [7, 11) is -4.09. The van der Waals surface area contributed by atoms with E-state index in [-0.39, 0.29) is 23.4 Å². The van der Waals surface area contributed by atoms with Gasteiger partial charge in [-0.3, -0.25) is 13.9 Å². The number of sulfonamides is 1. The van der Waals surface area contributed by atoms with Gasteiger partial charge in [0.25, 0.3) is 10.0 Å². The third-order valence-electron chi connectivity index (χ3n) is 6.81. The topological polar surface area (TPSA) is 86.8 Å². The Bertz CT molecular complexity index is 1400. The number of amides is 2. The Hall–Kier alpha value is -3.65. The predicted octanol–water partition coefficient (Wildman–Crippen LogP) is 5.18. The number of carbonyl (C=O) groups excluding carboxylic acids is 2. The molecule has 0 aliphatic heterocycles. The molecule has 0 aromatic heterocycles. The fourth-order valence-electron chi connectivity index (χ4n) is 4.71. The van der Waals surface area contributed by atoms with Gasteiger partial charge in [0, 0.05) is 12.6 Å². The van der Waals surface area contributed by atoms with E-state index in [9.17, 15) is 18.0 Å². The highest BCUT2D eigenvalue weighted by molar-refractivity contribution is 7.92. The summed E-state index contributed by atoms with van der Waals surface area (Å²) in [5.41, 5.74) is 4.12. The second-order valence-corrected chi connectivity index (χ2v) is 12.4.